The Morgan fingerprint density at radius 2 is 1.76 bits per heavy atom. The van der Waals surface area contributed by atoms with Gasteiger partial charge < -0.3 is 10.6 Å². The molecule has 2 aromatic heterocycles. The Hall–Kier alpha value is -3.62. The van der Waals surface area contributed by atoms with Crippen LogP contribution in [0.25, 0.3) is 0 Å². The van der Waals surface area contributed by atoms with Crippen molar-refractivity contribution in [2.24, 2.45) is 7.05 Å². The van der Waals surface area contributed by atoms with Crippen molar-refractivity contribution in [2.75, 3.05) is 5.32 Å². The van der Waals surface area contributed by atoms with E-state index in [2.05, 4.69) is 48.3 Å². The van der Waals surface area contributed by atoms with E-state index in [1.165, 1.54) is 35.4 Å². The molecule has 0 aliphatic carbocycles. The Kier molecular flexibility index (Phi) is 7.94. The van der Waals surface area contributed by atoms with Crippen LogP contribution >= 0.6 is 22.6 Å². The minimum Gasteiger partial charge on any atom is -0.322 e. The zero-order chi connectivity index (χ0) is 27.5. The van der Waals surface area contributed by atoms with E-state index >= 15 is 0 Å². The third-order valence-electron chi connectivity index (χ3n) is 5.77. The van der Waals surface area contributed by atoms with Crippen molar-refractivity contribution in [3.8, 4) is 0 Å². The topological polar surface area (TPSA) is 84.7 Å². The standard InChI is InChI=1S/C25H20F5IN6O/c1-37-22(33-14-34-37)11-24(21-6-5-15(12-31)13-32-21,16-7-17(25(28,29)30)9-19(27)8-16)36-23(38)35-20-4-2-3-18(26)10-20/h2-10,13-14H,11-12H2,1H3,(H2,35,36,38)/t24-/m0/s1. The summed E-state index contributed by atoms with van der Waals surface area (Å²) in [6, 6.07) is 9.46. The SMILES string of the molecule is Cn1ncnc1C[C@](NC(=O)Nc1cccc(F)c1)(c1cc(F)cc(C(F)(F)F)c1)c1ccc(CI)cn1. The summed E-state index contributed by atoms with van der Waals surface area (Å²) >= 11 is 2.13. The first kappa shape index (κ1) is 27.4. The van der Waals surface area contributed by atoms with Crippen molar-refractivity contribution < 1.29 is 26.7 Å². The molecule has 38 heavy (non-hydrogen) atoms. The van der Waals surface area contributed by atoms with E-state index in [4.69, 9.17) is 0 Å². The number of halogens is 6. The molecule has 2 aromatic carbocycles. The molecule has 0 radical (unpaired) electrons. The van der Waals surface area contributed by atoms with E-state index in [1.54, 1.807) is 19.2 Å². The van der Waals surface area contributed by atoms with Crippen LogP contribution in [-0.4, -0.2) is 25.8 Å². The van der Waals surface area contributed by atoms with Crippen LogP contribution in [0, 0.1) is 11.6 Å². The molecule has 0 saturated carbocycles. The summed E-state index contributed by atoms with van der Waals surface area (Å²) in [6.07, 6.45) is -2.34. The Balaban J connectivity index is 1.92. The average Bonchev–Trinajstić information content (AvgIpc) is 3.26. The number of rotatable bonds is 7. The number of nitrogens with zero attached hydrogens (tertiary/aromatic N) is 4. The summed E-state index contributed by atoms with van der Waals surface area (Å²) in [4.78, 5) is 21.9. The van der Waals surface area contributed by atoms with Gasteiger partial charge in [0.25, 0.3) is 0 Å². The molecule has 0 aliphatic rings. The van der Waals surface area contributed by atoms with Gasteiger partial charge in [0.15, 0.2) is 0 Å². The van der Waals surface area contributed by atoms with Gasteiger partial charge >= 0.3 is 12.2 Å². The highest BCUT2D eigenvalue weighted by molar-refractivity contribution is 14.1. The highest BCUT2D eigenvalue weighted by atomic mass is 127. The fourth-order valence-electron chi connectivity index (χ4n) is 3.92. The number of hydrogen-bond donors (Lipinski definition) is 2. The summed E-state index contributed by atoms with van der Waals surface area (Å²) < 4.78 is 71.5. The van der Waals surface area contributed by atoms with Crippen molar-refractivity contribution in [1.82, 2.24) is 25.1 Å². The van der Waals surface area contributed by atoms with Crippen LogP contribution in [0.5, 0.6) is 0 Å². The molecule has 0 bridgehead atoms. The monoisotopic (exact) mass is 642 g/mol. The molecule has 0 unspecified atom stereocenters. The first-order chi connectivity index (χ1) is 18.0. The van der Waals surface area contributed by atoms with Crippen LogP contribution in [0.2, 0.25) is 0 Å². The van der Waals surface area contributed by atoms with Gasteiger partial charge in [0.05, 0.1) is 11.3 Å². The van der Waals surface area contributed by atoms with Gasteiger partial charge in [-0.25, -0.2) is 18.6 Å². The fraction of sp³-hybridized carbons (Fsp3) is 0.200. The lowest BCUT2D eigenvalue weighted by Gasteiger charge is -2.35. The normalized spacial score (nSPS) is 13.1. The summed E-state index contributed by atoms with van der Waals surface area (Å²) in [5.41, 5.74) is -2.27. The fourth-order valence-corrected chi connectivity index (χ4v) is 4.37. The lowest BCUT2D eigenvalue weighted by Crippen LogP contribution is -2.51. The van der Waals surface area contributed by atoms with Crippen LogP contribution < -0.4 is 10.6 Å². The second-order valence-electron chi connectivity index (χ2n) is 8.38. The molecule has 0 spiro atoms. The Labute approximate surface area is 227 Å². The summed E-state index contributed by atoms with van der Waals surface area (Å²) in [7, 11) is 1.57. The molecule has 2 heterocycles. The molecule has 1 atom stereocenters. The quantitative estimate of drug-likeness (QED) is 0.153. The predicted octanol–water partition coefficient (Wildman–Crippen LogP) is 5.75. The number of nitrogens with one attached hydrogen (secondary N) is 2. The number of anilines is 1. The molecule has 13 heteroatoms. The largest absolute Gasteiger partial charge is 0.416 e. The maximum Gasteiger partial charge on any atom is 0.416 e. The number of amides is 2. The molecule has 4 rings (SSSR count). The van der Waals surface area contributed by atoms with Gasteiger partial charge in [-0.15, -0.1) is 0 Å². The van der Waals surface area contributed by atoms with E-state index in [-0.39, 0.29) is 29.2 Å². The third-order valence-corrected chi connectivity index (χ3v) is 6.65. The van der Waals surface area contributed by atoms with Crippen molar-refractivity contribution in [3.63, 3.8) is 0 Å². The van der Waals surface area contributed by atoms with Crippen LogP contribution in [0.1, 0.15) is 28.2 Å². The zero-order valence-corrected chi connectivity index (χ0v) is 21.9. The second kappa shape index (κ2) is 11.0. The molecule has 7 nitrogen and oxygen atoms in total. The minimum atomic E-state index is -4.87. The third kappa shape index (κ3) is 6.09. The number of carbonyl (C=O) groups excluding carboxylic acids is 1. The van der Waals surface area contributed by atoms with Crippen LogP contribution in [0.4, 0.5) is 32.4 Å². The summed E-state index contributed by atoms with van der Waals surface area (Å²) in [5, 5.41) is 9.17. The predicted molar refractivity (Wildman–Crippen MR) is 137 cm³/mol. The van der Waals surface area contributed by atoms with E-state index < -0.39 is 34.9 Å². The lowest BCUT2D eigenvalue weighted by atomic mass is 9.81. The Morgan fingerprint density at radius 1 is 1.00 bits per heavy atom. The lowest BCUT2D eigenvalue weighted by molar-refractivity contribution is -0.137. The van der Waals surface area contributed by atoms with Crippen molar-refractivity contribution in [1.29, 1.82) is 0 Å². The highest BCUT2D eigenvalue weighted by Gasteiger charge is 2.42. The maximum atomic E-state index is 14.7. The molecule has 198 valence electrons. The van der Waals surface area contributed by atoms with Gasteiger partial charge in [0, 0.05) is 29.8 Å². The zero-order valence-electron chi connectivity index (χ0n) is 19.7. The number of urea groups is 1. The Morgan fingerprint density at radius 3 is 2.37 bits per heavy atom. The van der Waals surface area contributed by atoms with E-state index in [0.29, 0.717) is 10.5 Å². The van der Waals surface area contributed by atoms with Gasteiger partial charge in [-0.2, -0.15) is 18.3 Å². The van der Waals surface area contributed by atoms with Gasteiger partial charge in [0.1, 0.15) is 29.3 Å². The number of pyridine rings is 1. The second-order valence-corrected chi connectivity index (χ2v) is 9.15. The molecule has 0 saturated heterocycles. The number of alkyl halides is 4. The van der Waals surface area contributed by atoms with Crippen molar-refractivity contribution in [2.45, 2.75) is 22.6 Å². The number of carbonyl (C=O) groups is 1. The van der Waals surface area contributed by atoms with E-state index in [1.807, 2.05) is 0 Å². The summed E-state index contributed by atoms with van der Waals surface area (Å²) in [6.45, 7) is 0. The molecule has 0 aliphatic heterocycles. The molecule has 2 N–H and O–H groups in total. The average molecular weight is 642 g/mol. The van der Waals surface area contributed by atoms with Crippen molar-refractivity contribution in [3.05, 3.63) is 107 Å². The van der Waals surface area contributed by atoms with E-state index in [9.17, 15) is 26.7 Å². The molecule has 0 fully saturated rings. The number of aryl methyl sites for hydroxylation is 1. The van der Waals surface area contributed by atoms with Crippen LogP contribution in [0.3, 0.4) is 0 Å². The van der Waals surface area contributed by atoms with E-state index in [0.717, 1.165) is 23.8 Å². The number of hydrogen-bond acceptors (Lipinski definition) is 4. The minimum absolute atomic E-state index is 0.0958. The molecular weight excluding hydrogens is 622 g/mol. The first-order valence-corrected chi connectivity index (χ1v) is 12.6. The maximum absolute atomic E-state index is 14.7. The van der Waals surface area contributed by atoms with Crippen LogP contribution in [0.15, 0.2) is 67.1 Å². The molecule has 4 aromatic rings. The van der Waals surface area contributed by atoms with Gasteiger partial charge in [-0.05, 0) is 53.6 Å². The van der Waals surface area contributed by atoms with Crippen LogP contribution in [-0.2, 0) is 29.6 Å². The number of aromatic nitrogens is 4. The molecular formula is C25H20F5IN6O. The van der Waals surface area contributed by atoms with Gasteiger partial charge in [-0.1, -0.05) is 34.7 Å². The summed E-state index contributed by atoms with van der Waals surface area (Å²) in [5.74, 6) is -1.49. The number of benzene rings is 2. The van der Waals surface area contributed by atoms with Gasteiger partial charge in [-0.3, -0.25) is 9.67 Å². The first-order valence-electron chi connectivity index (χ1n) is 11.1. The highest BCUT2D eigenvalue weighted by Crippen LogP contribution is 2.37. The molecule has 2 amide bonds. The van der Waals surface area contributed by atoms with Gasteiger partial charge in [0.2, 0.25) is 0 Å². The Bertz CT molecular complexity index is 1440. The smallest absolute Gasteiger partial charge is 0.322 e. The van der Waals surface area contributed by atoms with Crippen molar-refractivity contribution >= 4 is 34.3 Å².